The summed E-state index contributed by atoms with van der Waals surface area (Å²) in [4.78, 5) is 1.94. The highest BCUT2D eigenvalue weighted by molar-refractivity contribution is 6.09. The van der Waals surface area contributed by atoms with Gasteiger partial charge < -0.3 is 9.32 Å². The number of para-hydroxylation sites is 2. The van der Waals surface area contributed by atoms with Crippen LogP contribution >= 0.6 is 0 Å². The third-order valence-corrected chi connectivity index (χ3v) is 14.9. The first kappa shape index (κ1) is 36.1. The Balaban J connectivity index is 1.03. The maximum Gasteiger partial charge on any atom is 0.143 e. The normalized spacial score (nSPS) is 14.5. The van der Waals surface area contributed by atoms with E-state index in [1.165, 1.54) is 22.3 Å². The molecule has 2 aliphatic carbocycles. The van der Waals surface area contributed by atoms with Gasteiger partial charge in [0.1, 0.15) is 11.2 Å². The Morgan fingerprint density at radius 3 is 1.31 bits per heavy atom. The van der Waals surface area contributed by atoms with Crippen molar-refractivity contribution in [2.45, 2.75) is 10.8 Å². The van der Waals surface area contributed by atoms with Gasteiger partial charge in [-0.2, -0.15) is 0 Å². The quantitative estimate of drug-likeness (QED) is 0.151. The van der Waals surface area contributed by atoms with Gasteiger partial charge in [-0.1, -0.05) is 230 Å². The molecule has 2 aliphatic rings. The van der Waals surface area contributed by atoms with Gasteiger partial charge in [0, 0.05) is 33.4 Å². The minimum absolute atomic E-state index is 0.142. The Labute approximate surface area is 413 Å². The van der Waals surface area contributed by atoms with Gasteiger partial charge in [-0.3, -0.25) is 0 Å². The highest BCUT2D eigenvalue weighted by atomic mass is 16.3. The van der Waals surface area contributed by atoms with Crippen LogP contribution in [0.25, 0.3) is 55.3 Å². The monoisotopic (exact) mass is 895 g/mol. The van der Waals surface area contributed by atoms with E-state index in [9.17, 15) is 5.48 Å². The molecule has 0 spiro atoms. The molecule has 1 aromatic heterocycles. The number of fused-ring (bicyclic) bond motifs is 9. The Morgan fingerprint density at radius 1 is 0.314 bits per heavy atom. The van der Waals surface area contributed by atoms with Crippen LogP contribution in [-0.2, 0) is 10.8 Å². The van der Waals surface area contributed by atoms with Crippen molar-refractivity contribution in [2.75, 3.05) is 4.90 Å². The molecule has 0 unspecified atom stereocenters. The highest BCUT2D eigenvalue weighted by Gasteiger charge is 2.47. The van der Waals surface area contributed by atoms with E-state index in [1.54, 1.807) is 0 Å². The summed E-state index contributed by atoms with van der Waals surface area (Å²) in [5.74, 6) is 0. The Hall–Kier alpha value is -8.98. The second kappa shape index (κ2) is 15.8. The number of hydrogen-bond acceptors (Lipinski definition) is 2. The summed E-state index contributed by atoms with van der Waals surface area (Å²) in [6.45, 7) is 0. The molecule has 0 saturated carbocycles. The van der Waals surface area contributed by atoms with Gasteiger partial charge in [-0.25, -0.2) is 0 Å². The number of hydrogen-bond donors (Lipinski definition) is 0. The van der Waals surface area contributed by atoms with Crippen molar-refractivity contribution in [1.29, 1.82) is 0 Å². The van der Waals surface area contributed by atoms with E-state index in [-0.39, 0.29) is 35.4 Å². The lowest BCUT2D eigenvalue weighted by Crippen LogP contribution is -2.29. The van der Waals surface area contributed by atoms with E-state index >= 15 is 0 Å². The first-order valence-corrected chi connectivity index (χ1v) is 23.9. The molecule has 2 nitrogen and oxygen atoms in total. The van der Waals surface area contributed by atoms with Gasteiger partial charge in [0.2, 0.25) is 0 Å². The molecular weight excluding hydrogens is 847 g/mol. The molecule has 328 valence electrons. The molecule has 1 heterocycles. The van der Waals surface area contributed by atoms with Crippen molar-refractivity contribution in [3.63, 3.8) is 0 Å². The van der Waals surface area contributed by atoms with Crippen molar-refractivity contribution >= 4 is 39.0 Å². The van der Waals surface area contributed by atoms with E-state index in [1.807, 2.05) is 47.4 Å². The average Bonchev–Trinajstić information content (AvgIpc) is 4.11. The highest BCUT2D eigenvalue weighted by Crippen LogP contribution is 2.59. The molecule has 12 aromatic rings. The Morgan fingerprint density at radius 2 is 0.743 bits per heavy atom. The predicted octanol–water partition coefficient (Wildman–Crippen LogP) is 17.4. The third-order valence-electron chi connectivity index (χ3n) is 14.9. The molecule has 0 amide bonds. The van der Waals surface area contributed by atoms with Crippen LogP contribution < -0.4 is 4.90 Å². The van der Waals surface area contributed by atoms with Crippen LogP contribution in [0.2, 0.25) is 0 Å². The first-order valence-electron chi connectivity index (χ1n) is 25.9. The minimum atomic E-state index is -0.727. The van der Waals surface area contributed by atoms with E-state index in [4.69, 9.17) is 4.42 Å². The SMILES string of the molecule is [2H]c1c([2H])c(N(c2ccc(C3(c4ccccc4)c4ccccc4-c4ccccc43)cc2)c2ccc3c(c2)C(c2ccccc2)(c2ccccc2)c2ccccc2-3)c([2H])c([2H])c1-c1cccc2c1oc1ccccc12. The lowest BCUT2D eigenvalue weighted by molar-refractivity contribution is 0.670. The largest absolute Gasteiger partial charge is 0.455 e. The molecule has 0 bridgehead atoms. The average molecular weight is 896 g/mol. The maximum atomic E-state index is 10.1. The maximum absolute atomic E-state index is 10.1. The molecule has 2 heteroatoms. The van der Waals surface area contributed by atoms with Crippen molar-refractivity contribution in [3.05, 3.63) is 317 Å². The summed E-state index contributed by atoms with van der Waals surface area (Å²) < 4.78 is 46.4. The van der Waals surface area contributed by atoms with Crippen LogP contribution in [0.4, 0.5) is 17.1 Å². The van der Waals surface area contributed by atoms with Gasteiger partial charge in [-0.15, -0.1) is 0 Å². The molecule has 70 heavy (non-hydrogen) atoms. The zero-order valence-electron chi connectivity index (χ0n) is 42.0. The van der Waals surface area contributed by atoms with E-state index < -0.39 is 10.8 Å². The van der Waals surface area contributed by atoms with Crippen molar-refractivity contribution < 1.29 is 9.90 Å². The summed E-state index contributed by atoms with van der Waals surface area (Å²) >= 11 is 0. The van der Waals surface area contributed by atoms with Crippen LogP contribution in [0.1, 0.15) is 50.0 Å². The summed E-state index contributed by atoms with van der Waals surface area (Å²) in [6, 6.07) is 85.8. The second-order valence-electron chi connectivity index (χ2n) is 18.4. The van der Waals surface area contributed by atoms with Crippen LogP contribution in [-0.4, -0.2) is 0 Å². The van der Waals surface area contributed by atoms with Crippen molar-refractivity contribution in [3.8, 4) is 33.4 Å². The van der Waals surface area contributed by atoms with Gasteiger partial charge in [0.05, 0.1) is 16.3 Å². The van der Waals surface area contributed by atoms with Gasteiger partial charge >= 0.3 is 0 Å². The number of furan rings is 1. The fourth-order valence-electron chi connectivity index (χ4n) is 12.0. The molecule has 11 aromatic carbocycles. The number of nitrogens with zero attached hydrogens (tertiary/aromatic N) is 1. The van der Waals surface area contributed by atoms with Gasteiger partial charge in [0.15, 0.2) is 0 Å². The number of benzene rings is 11. The van der Waals surface area contributed by atoms with Crippen LogP contribution in [0.15, 0.2) is 277 Å². The Kier molecular flexibility index (Phi) is 8.15. The molecule has 14 rings (SSSR count). The van der Waals surface area contributed by atoms with Crippen LogP contribution in [0, 0.1) is 0 Å². The minimum Gasteiger partial charge on any atom is -0.455 e. The smallest absolute Gasteiger partial charge is 0.143 e. The zero-order valence-corrected chi connectivity index (χ0v) is 38.0. The molecule has 0 atom stereocenters. The number of anilines is 3. The van der Waals surface area contributed by atoms with Crippen molar-refractivity contribution in [2.24, 2.45) is 0 Å². The standard InChI is InChI=1S/C68H45NO/c1-4-19-47(20-5-1)67(61-31-14-10-25-55(61)56-26-11-15-32-62(56)67)50-37-41-52(42-38-50)69(51-39-35-46(36-40-51)54-29-18-30-60-59-28-13-17-34-65(59)70-66(54)60)53-43-44-58-57-27-12-16-33-63(57)68(64(58)45-53,48-21-6-2-7-22-48)49-23-8-3-9-24-49/h1-45H/i35D,36D,39D,40D. The van der Waals surface area contributed by atoms with E-state index in [2.05, 4.69) is 206 Å². The summed E-state index contributed by atoms with van der Waals surface area (Å²) in [7, 11) is 0. The fraction of sp³-hybridized carbons (Fsp3) is 0.0294. The lowest BCUT2D eigenvalue weighted by Gasteiger charge is -2.35. The lowest BCUT2D eigenvalue weighted by atomic mass is 9.67. The molecule has 0 aliphatic heterocycles. The van der Waals surface area contributed by atoms with E-state index in [0.717, 1.165) is 55.3 Å². The fourth-order valence-corrected chi connectivity index (χ4v) is 12.0. The van der Waals surface area contributed by atoms with Crippen LogP contribution in [0.5, 0.6) is 0 Å². The molecule has 0 N–H and O–H groups in total. The molecule has 0 radical (unpaired) electrons. The predicted molar refractivity (Wildman–Crippen MR) is 288 cm³/mol. The summed E-state index contributed by atoms with van der Waals surface area (Å²) in [5.41, 5.74) is 15.7. The summed E-state index contributed by atoms with van der Waals surface area (Å²) in [6.07, 6.45) is 0. The van der Waals surface area contributed by atoms with Gasteiger partial charge in [0.25, 0.3) is 0 Å². The third kappa shape index (κ3) is 5.74. The molecule has 0 saturated heterocycles. The second-order valence-corrected chi connectivity index (χ2v) is 18.4. The molecular formula is C68H45NO. The molecule has 0 fully saturated rings. The van der Waals surface area contributed by atoms with Gasteiger partial charge in [-0.05, 0) is 115 Å². The van der Waals surface area contributed by atoms with Crippen molar-refractivity contribution in [1.82, 2.24) is 0 Å². The number of rotatable bonds is 8. The summed E-state index contributed by atoms with van der Waals surface area (Å²) in [5, 5.41) is 1.77. The Bertz CT molecular complexity index is 4070. The topological polar surface area (TPSA) is 16.4 Å². The zero-order chi connectivity index (χ0) is 49.7. The first-order chi connectivity index (χ1) is 36.4. The van der Waals surface area contributed by atoms with E-state index in [0.29, 0.717) is 28.1 Å². The van der Waals surface area contributed by atoms with Crippen LogP contribution in [0.3, 0.4) is 0 Å².